The van der Waals surface area contributed by atoms with Crippen LogP contribution in [0.3, 0.4) is 0 Å². The van der Waals surface area contributed by atoms with E-state index in [4.69, 9.17) is 4.74 Å². The van der Waals surface area contributed by atoms with Crippen LogP contribution in [-0.4, -0.2) is 65.4 Å². The molecule has 32 heavy (non-hydrogen) atoms. The smallest absolute Gasteiger partial charge is 0.225 e. The van der Waals surface area contributed by atoms with Crippen molar-refractivity contribution in [3.05, 3.63) is 72.4 Å². The summed E-state index contributed by atoms with van der Waals surface area (Å²) < 4.78 is 7.15. The molecular formula is C25H26N4O2S. The first-order valence-electron chi connectivity index (χ1n) is 10.9. The molecule has 1 aliphatic rings. The van der Waals surface area contributed by atoms with Crippen LogP contribution in [0.1, 0.15) is 0 Å². The standard InChI is InChI=1S/C25H26N4O2S/c30-20(16-28-12-14-29(15-13-28)25-26-10-3-11-27-25)17-31-21-8-6-19(7-9-21)23-18-32-24-5-2-1-4-22(23)24/h1-11,18,20,30H,12-17H2/t20-/m1/s1. The molecule has 5 rings (SSSR count). The Kier molecular flexibility index (Phi) is 6.29. The highest BCUT2D eigenvalue weighted by atomic mass is 32.1. The van der Waals surface area contributed by atoms with E-state index in [1.54, 1.807) is 23.7 Å². The summed E-state index contributed by atoms with van der Waals surface area (Å²) in [4.78, 5) is 13.1. The molecule has 1 aliphatic heterocycles. The lowest BCUT2D eigenvalue weighted by molar-refractivity contribution is 0.0662. The third kappa shape index (κ3) is 4.75. The molecule has 1 N–H and O–H groups in total. The van der Waals surface area contributed by atoms with E-state index in [0.29, 0.717) is 6.54 Å². The van der Waals surface area contributed by atoms with Gasteiger partial charge in [-0.05, 0) is 35.2 Å². The summed E-state index contributed by atoms with van der Waals surface area (Å²) in [5.41, 5.74) is 2.42. The number of hydrogen-bond acceptors (Lipinski definition) is 7. The van der Waals surface area contributed by atoms with Gasteiger partial charge in [0.1, 0.15) is 18.5 Å². The molecule has 3 heterocycles. The third-order valence-electron chi connectivity index (χ3n) is 5.76. The molecule has 0 spiro atoms. The number of piperazine rings is 1. The number of ether oxygens (including phenoxy) is 1. The molecule has 1 atom stereocenters. The second-order valence-electron chi connectivity index (χ2n) is 7.97. The van der Waals surface area contributed by atoms with Crippen molar-refractivity contribution in [2.75, 3.05) is 44.2 Å². The largest absolute Gasteiger partial charge is 0.491 e. The van der Waals surface area contributed by atoms with E-state index >= 15 is 0 Å². The number of benzene rings is 2. The van der Waals surface area contributed by atoms with E-state index in [0.717, 1.165) is 37.9 Å². The summed E-state index contributed by atoms with van der Waals surface area (Å²) in [6.07, 6.45) is 3.01. The Morgan fingerprint density at radius 1 is 0.938 bits per heavy atom. The molecule has 2 aromatic heterocycles. The second kappa shape index (κ2) is 9.65. The van der Waals surface area contributed by atoms with Gasteiger partial charge in [-0.25, -0.2) is 9.97 Å². The number of aliphatic hydroxyl groups excluding tert-OH is 1. The number of rotatable bonds is 7. The van der Waals surface area contributed by atoms with Crippen LogP contribution in [0.25, 0.3) is 21.2 Å². The van der Waals surface area contributed by atoms with Crippen molar-refractivity contribution >= 4 is 27.4 Å². The Bertz CT molecular complexity index is 1140. The fourth-order valence-electron chi connectivity index (χ4n) is 4.06. The summed E-state index contributed by atoms with van der Waals surface area (Å²) >= 11 is 1.76. The molecule has 4 aromatic rings. The molecule has 0 bridgehead atoms. The molecule has 7 heteroatoms. The predicted molar refractivity (Wildman–Crippen MR) is 129 cm³/mol. The number of aromatic nitrogens is 2. The number of fused-ring (bicyclic) bond motifs is 1. The van der Waals surface area contributed by atoms with Gasteiger partial charge in [0, 0.05) is 60.8 Å². The van der Waals surface area contributed by atoms with Gasteiger partial charge in [0.15, 0.2) is 0 Å². The number of aliphatic hydroxyl groups is 1. The number of anilines is 1. The van der Waals surface area contributed by atoms with E-state index < -0.39 is 6.10 Å². The molecular weight excluding hydrogens is 420 g/mol. The van der Waals surface area contributed by atoms with Crippen LogP contribution < -0.4 is 9.64 Å². The van der Waals surface area contributed by atoms with Crippen molar-refractivity contribution < 1.29 is 9.84 Å². The maximum atomic E-state index is 10.5. The molecule has 1 fully saturated rings. The SMILES string of the molecule is O[C@@H](COc1ccc(-c2csc3ccccc23)cc1)CN1CCN(c2ncccn2)CC1. The van der Waals surface area contributed by atoms with Crippen molar-refractivity contribution in [2.24, 2.45) is 0 Å². The third-order valence-corrected chi connectivity index (χ3v) is 6.73. The van der Waals surface area contributed by atoms with Crippen molar-refractivity contribution in [1.29, 1.82) is 0 Å². The predicted octanol–water partition coefficient (Wildman–Crippen LogP) is 3.92. The van der Waals surface area contributed by atoms with Gasteiger partial charge in [-0.15, -0.1) is 11.3 Å². The number of hydrogen-bond donors (Lipinski definition) is 1. The van der Waals surface area contributed by atoms with E-state index in [1.165, 1.54) is 21.2 Å². The summed E-state index contributed by atoms with van der Waals surface area (Å²) in [6.45, 7) is 4.34. The second-order valence-corrected chi connectivity index (χ2v) is 8.88. The van der Waals surface area contributed by atoms with Crippen molar-refractivity contribution in [3.8, 4) is 16.9 Å². The lowest BCUT2D eigenvalue weighted by atomic mass is 10.0. The first-order valence-corrected chi connectivity index (χ1v) is 11.8. The van der Waals surface area contributed by atoms with Crippen LogP contribution in [0.5, 0.6) is 5.75 Å². The first-order chi connectivity index (χ1) is 15.8. The normalized spacial score (nSPS) is 15.7. The van der Waals surface area contributed by atoms with E-state index in [9.17, 15) is 5.11 Å². The molecule has 0 amide bonds. The Balaban J connectivity index is 1.10. The molecule has 0 unspecified atom stereocenters. The zero-order valence-electron chi connectivity index (χ0n) is 17.8. The summed E-state index contributed by atoms with van der Waals surface area (Å²) in [6, 6.07) is 18.4. The molecule has 1 saturated heterocycles. The molecule has 0 aliphatic carbocycles. The van der Waals surface area contributed by atoms with E-state index in [1.807, 2.05) is 18.2 Å². The minimum absolute atomic E-state index is 0.280. The molecule has 164 valence electrons. The molecule has 0 radical (unpaired) electrons. The van der Waals surface area contributed by atoms with Crippen LogP contribution in [-0.2, 0) is 0 Å². The average Bonchev–Trinajstić information content (AvgIpc) is 3.28. The first kappa shape index (κ1) is 20.9. The Labute approximate surface area is 191 Å². The minimum atomic E-state index is -0.532. The van der Waals surface area contributed by atoms with E-state index in [-0.39, 0.29) is 6.61 Å². The highest BCUT2D eigenvalue weighted by molar-refractivity contribution is 7.17. The average molecular weight is 447 g/mol. The van der Waals surface area contributed by atoms with Gasteiger partial charge in [0.25, 0.3) is 0 Å². The summed E-state index contributed by atoms with van der Waals surface area (Å²) in [5.74, 6) is 1.55. The van der Waals surface area contributed by atoms with Crippen LogP contribution in [0.2, 0.25) is 0 Å². The lowest BCUT2D eigenvalue weighted by Gasteiger charge is -2.35. The number of nitrogens with zero attached hydrogens (tertiary/aromatic N) is 4. The number of β-amino-alcohol motifs (C(OH)–C–C–N with tert-alkyl or cyclic N) is 1. The van der Waals surface area contributed by atoms with Crippen LogP contribution in [0, 0.1) is 0 Å². The van der Waals surface area contributed by atoms with Crippen LogP contribution >= 0.6 is 11.3 Å². The van der Waals surface area contributed by atoms with Crippen LogP contribution in [0.15, 0.2) is 72.4 Å². The highest BCUT2D eigenvalue weighted by Gasteiger charge is 2.21. The van der Waals surface area contributed by atoms with E-state index in [2.05, 4.69) is 61.5 Å². The lowest BCUT2D eigenvalue weighted by Crippen LogP contribution is -2.49. The Hall–Kier alpha value is -3.00. The fourth-order valence-corrected chi connectivity index (χ4v) is 5.03. The number of thiophene rings is 1. The van der Waals surface area contributed by atoms with Crippen molar-refractivity contribution in [3.63, 3.8) is 0 Å². The zero-order chi connectivity index (χ0) is 21.8. The topological polar surface area (TPSA) is 61.7 Å². The summed E-state index contributed by atoms with van der Waals surface area (Å²) in [5, 5.41) is 13.9. The van der Waals surface area contributed by atoms with Gasteiger partial charge in [-0.3, -0.25) is 4.90 Å². The van der Waals surface area contributed by atoms with Crippen molar-refractivity contribution in [1.82, 2.24) is 14.9 Å². The van der Waals surface area contributed by atoms with Crippen molar-refractivity contribution in [2.45, 2.75) is 6.10 Å². The zero-order valence-corrected chi connectivity index (χ0v) is 18.6. The van der Waals surface area contributed by atoms with Gasteiger partial charge >= 0.3 is 0 Å². The molecule has 6 nitrogen and oxygen atoms in total. The highest BCUT2D eigenvalue weighted by Crippen LogP contribution is 2.34. The quantitative estimate of drug-likeness (QED) is 0.464. The summed E-state index contributed by atoms with van der Waals surface area (Å²) in [7, 11) is 0. The Morgan fingerprint density at radius 3 is 2.47 bits per heavy atom. The maximum absolute atomic E-state index is 10.5. The van der Waals surface area contributed by atoms with Gasteiger partial charge in [0.2, 0.25) is 5.95 Å². The maximum Gasteiger partial charge on any atom is 0.225 e. The molecule has 0 saturated carbocycles. The molecule has 2 aromatic carbocycles. The monoisotopic (exact) mass is 446 g/mol. The van der Waals surface area contributed by atoms with Gasteiger partial charge in [-0.2, -0.15) is 0 Å². The van der Waals surface area contributed by atoms with Gasteiger partial charge < -0.3 is 14.7 Å². The van der Waals surface area contributed by atoms with Gasteiger partial charge in [-0.1, -0.05) is 30.3 Å². The van der Waals surface area contributed by atoms with Gasteiger partial charge in [0.05, 0.1) is 0 Å². The van der Waals surface area contributed by atoms with Crippen LogP contribution in [0.4, 0.5) is 5.95 Å². The Morgan fingerprint density at radius 2 is 1.69 bits per heavy atom. The minimum Gasteiger partial charge on any atom is -0.491 e. The fraction of sp³-hybridized carbons (Fsp3) is 0.280.